The van der Waals surface area contributed by atoms with Crippen LogP contribution in [0.5, 0.6) is 0 Å². The number of nitrogens with zero attached hydrogens (tertiary/aromatic N) is 3. The van der Waals surface area contributed by atoms with Crippen LogP contribution in [0.1, 0.15) is 20.9 Å². The van der Waals surface area contributed by atoms with Gasteiger partial charge in [-0.1, -0.05) is 23.2 Å². The van der Waals surface area contributed by atoms with E-state index in [1.807, 2.05) is 0 Å². The van der Waals surface area contributed by atoms with Crippen molar-refractivity contribution in [1.82, 2.24) is 9.80 Å². The van der Waals surface area contributed by atoms with Gasteiger partial charge in [0.15, 0.2) is 5.76 Å². The summed E-state index contributed by atoms with van der Waals surface area (Å²) in [5.74, 6) is -0.484. The Labute approximate surface area is 158 Å². The second-order valence-electron chi connectivity index (χ2n) is 5.61. The number of amides is 2. The molecule has 1 aliphatic rings. The average Bonchev–Trinajstić information content (AvgIpc) is 3.17. The highest BCUT2D eigenvalue weighted by Crippen LogP contribution is 2.31. The van der Waals surface area contributed by atoms with Crippen molar-refractivity contribution in [1.29, 1.82) is 0 Å². The quantitative estimate of drug-likeness (QED) is 0.585. The topological polar surface area (TPSA) is 96.9 Å². The van der Waals surface area contributed by atoms with Crippen LogP contribution in [-0.4, -0.2) is 52.7 Å². The zero-order valence-corrected chi connectivity index (χ0v) is 14.9. The lowest BCUT2D eigenvalue weighted by atomic mass is 10.1. The van der Waals surface area contributed by atoms with Gasteiger partial charge in [-0.2, -0.15) is 0 Å². The maximum atomic E-state index is 12.7. The Morgan fingerprint density at radius 1 is 1.08 bits per heavy atom. The molecule has 8 nitrogen and oxygen atoms in total. The first-order valence-corrected chi connectivity index (χ1v) is 8.39. The molecule has 0 aliphatic carbocycles. The molecule has 2 aromatic rings. The van der Waals surface area contributed by atoms with E-state index >= 15 is 0 Å². The lowest BCUT2D eigenvalue weighted by Crippen LogP contribution is -2.50. The van der Waals surface area contributed by atoms with Crippen LogP contribution < -0.4 is 0 Å². The fourth-order valence-corrected chi connectivity index (χ4v) is 3.08. The summed E-state index contributed by atoms with van der Waals surface area (Å²) in [6, 6.07) is 5.41. The average molecular weight is 398 g/mol. The highest BCUT2D eigenvalue weighted by Gasteiger charge is 2.29. The molecule has 0 saturated carbocycles. The van der Waals surface area contributed by atoms with E-state index in [4.69, 9.17) is 27.6 Å². The second kappa shape index (κ2) is 7.35. The van der Waals surface area contributed by atoms with E-state index in [1.54, 1.807) is 17.0 Å². The van der Waals surface area contributed by atoms with Crippen molar-refractivity contribution in [3.63, 3.8) is 0 Å². The first-order valence-electron chi connectivity index (χ1n) is 7.64. The predicted octanol–water partition coefficient (Wildman–Crippen LogP) is 3.09. The maximum absolute atomic E-state index is 12.7. The number of non-ortho nitro benzene ring substituents is 1. The summed E-state index contributed by atoms with van der Waals surface area (Å²) in [5.41, 5.74) is -0.342. The SMILES string of the molecule is O=C(c1ccco1)N1CCN(C(=O)c2cc([N+](=O)[O-])cc(Cl)c2Cl)CC1. The first kappa shape index (κ1) is 18.2. The van der Waals surface area contributed by atoms with Crippen LogP contribution in [0.25, 0.3) is 0 Å². The van der Waals surface area contributed by atoms with Gasteiger partial charge >= 0.3 is 0 Å². The minimum absolute atomic E-state index is 0.0309. The highest BCUT2D eigenvalue weighted by atomic mass is 35.5. The Balaban J connectivity index is 1.73. The monoisotopic (exact) mass is 397 g/mol. The molecular weight excluding hydrogens is 385 g/mol. The summed E-state index contributed by atoms with van der Waals surface area (Å²) in [4.78, 5) is 38.3. The number of hydrogen-bond donors (Lipinski definition) is 0. The molecule has 0 atom stereocenters. The number of carbonyl (C=O) groups is 2. The van der Waals surface area contributed by atoms with Gasteiger partial charge in [-0.3, -0.25) is 19.7 Å². The van der Waals surface area contributed by atoms with Crippen LogP contribution in [0.2, 0.25) is 10.0 Å². The van der Waals surface area contributed by atoms with Gasteiger partial charge in [-0.15, -0.1) is 0 Å². The molecule has 1 aromatic heterocycles. The molecule has 136 valence electrons. The molecule has 0 N–H and O–H groups in total. The lowest BCUT2D eigenvalue weighted by molar-refractivity contribution is -0.384. The number of hydrogen-bond acceptors (Lipinski definition) is 5. The van der Waals surface area contributed by atoms with Crippen molar-refractivity contribution in [2.24, 2.45) is 0 Å². The number of piperazine rings is 1. The van der Waals surface area contributed by atoms with Gasteiger partial charge in [0.2, 0.25) is 0 Å². The number of carbonyl (C=O) groups excluding carboxylic acids is 2. The third-order valence-electron chi connectivity index (χ3n) is 4.04. The Hall–Kier alpha value is -2.58. The Kier molecular flexibility index (Phi) is 5.15. The number of furan rings is 1. The molecule has 26 heavy (non-hydrogen) atoms. The van der Waals surface area contributed by atoms with Gasteiger partial charge < -0.3 is 14.2 Å². The van der Waals surface area contributed by atoms with Crippen molar-refractivity contribution in [3.8, 4) is 0 Å². The molecule has 2 heterocycles. The van der Waals surface area contributed by atoms with Gasteiger partial charge in [0.25, 0.3) is 17.5 Å². The van der Waals surface area contributed by atoms with Crippen LogP contribution in [0.15, 0.2) is 34.9 Å². The Morgan fingerprint density at radius 3 is 2.23 bits per heavy atom. The number of nitro groups is 1. The maximum Gasteiger partial charge on any atom is 0.289 e. The minimum atomic E-state index is -0.640. The molecule has 3 rings (SSSR count). The van der Waals surface area contributed by atoms with E-state index < -0.39 is 10.8 Å². The minimum Gasteiger partial charge on any atom is -0.459 e. The highest BCUT2D eigenvalue weighted by molar-refractivity contribution is 6.44. The second-order valence-corrected chi connectivity index (χ2v) is 6.39. The smallest absolute Gasteiger partial charge is 0.289 e. The van der Waals surface area contributed by atoms with Crippen molar-refractivity contribution < 1.29 is 18.9 Å². The summed E-state index contributed by atoms with van der Waals surface area (Å²) in [6.07, 6.45) is 1.42. The lowest BCUT2D eigenvalue weighted by Gasteiger charge is -2.34. The van der Waals surface area contributed by atoms with Crippen molar-refractivity contribution in [2.45, 2.75) is 0 Å². The van der Waals surface area contributed by atoms with E-state index in [0.29, 0.717) is 13.1 Å². The van der Waals surface area contributed by atoms with E-state index in [9.17, 15) is 19.7 Å². The van der Waals surface area contributed by atoms with Crippen LogP contribution in [0.4, 0.5) is 5.69 Å². The molecule has 1 aromatic carbocycles. The Bertz CT molecular complexity index is 861. The van der Waals surface area contributed by atoms with Gasteiger partial charge in [0, 0.05) is 38.3 Å². The number of rotatable bonds is 3. The predicted molar refractivity (Wildman–Crippen MR) is 93.6 cm³/mol. The fraction of sp³-hybridized carbons (Fsp3) is 0.250. The van der Waals surface area contributed by atoms with Crippen LogP contribution in [0, 0.1) is 10.1 Å². The summed E-state index contributed by atoms with van der Waals surface area (Å²) in [5, 5.41) is 10.9. The zero-order valence-electron chi connectivity index (χ0n) is 13.4. The van der Waals surface area contributed by atoms with Crippen molar-refractivity contribution >= 4 is 40.7 Å². The van der Waals surface area contributed by atoms with Crippen molar-refractivity contribution in [2.75, 3.05) is 26.2 Å². The summed E-state index contributed by atoms with van der Waals surface area (Å²) < 4.78 is 5.09. The summed E-state index contributed by atoms with van der Waals surface area (Å²) in [6.45, 7) is 1.15. The normalized spacial score (nSPS) is 14.4. The standard InChI is InChI=1S/C16H13Cl2N3O5/c17-12-9-10(21(24)25)8-11(14(12)18)15(22)19-3-5-20(6-4-19)16(23)13-2-1-7-26-13/h1-2,7-9H,3-6H2. The molecule has 0 unspecified atom stereocenters. The van der Waals surface area contributed by atoms with E-state index in [0.717, 1.165) is 12.1 Å². The zero-order chi connectivity index (χ0) is 18.8. The number of benzene rings is 1. The van der Waals surface area contributed by atoms with E-state index in [1.165, 1.54) is 11.2 Å². The molecule has 0 radical (unpaired) electrons. The molecule has 0 spiro atoms. The number of nitro benzene ring substituents is 1. The van der Waals surface area contributed by atoms with Gasteiger partial charge in [0.05, 0.1) is 26.8 Å². The summed E-state index contributed by atoms with van der Waals surface area (Å²) >= 11 is 11.9. The van der Waals surface area contributed by atoms with E-state index in [-0.39, 0.29) is 46.1 Å². The van der Waals surface area contributed by atoms with Crippen molar-refractivity contribution in [3.05, 3.63) is 62.0 Å². The number of halogens is 2. The molecule has 1 aliphatic heterocycles. The van der Waals surface area contributed by atoms with Gasteiger partial charge in [0.1, 0.15) is 0 Å². The van der Waals surface area contributed by atoms with Crippen LogP contribution in [-0.2, 0) is 0 Å². The largest absolute Gasteiger partial charge is 0.459 e. The molecule has 2 amide bonds. The summed E-state index contributed by atoms with van der Waals surface area (Å²) in [7, 11) is 0. The fourth-order valence-electron chi connectivity index (χ4n) is 2.67. The third kappa shape index (κ3) is 3.51. The Morgan fingerprint density at radius 2 is 1.69 bits per heavy atom. The third-order valence-corrected chi connectivity index (χ3v) is 4.84. The first-order chi connectivity index (χ1) is 12.4. The molecule has 1 saturated heterocycles. The molecular formula is C16H13Cl2N3O5. The van der Waals surface area contributed by atoms with Gasteiger partial charge in [-0.25, -0.2) is 0 Å². The molecule has 10 heteroatoms. The molecule has 0 bridgehead atoms. The van der Waals surface area contributed by atoms with E-state index in [2.05, 4.69) is 0 Å². The van der Waals surface area contributed by atoms with Crippen LogP contribution >= 0.6 is 23.2 Å². The van der Waals surface area contributed by atoms with Crippen LogP contribution in [0.3, 0.4) is 0 Å². The molecule has 1 fully saturated rings. The van der Waals surface area contributed by atoms with Gasteiger partial charge in [-0.05, 0) is 12.1 Å².